The van der Waals surface area contributed by atoms with Gasteiger partial charge in [0.1, 0.15) is 11.3 Å². The van der Waals surface area contributed by atoms with Gasteiger partial charge in [-0.15, -0.1) is 0 Å². The van der Waals surface area contributed by atoms with E-state index >= 15 is 0 Å². The van der Waals surface area contributed by atoms with Gasteiger partial charge in [0.05, 0.1) is 4.92 Å². The van der Waals surface area contributed by atoms with Crippen LogP contribution in [0.3, 0.4) is 0 Å². The predicted octanol–water partition coefficient (Wildman–Crippen LogP) is 2.67. The Labute approximate surface area is 116 Å². The van der Waals surface area contributed by atoms with Crippen LogP contribution in [0.2, 0.25) is 0 Å². The molecule has 0 amide bonds. The minimum atomic E-state index is -1.25. The SMILES string of the molecule is O=C(O)c1cccc(N(CC2CC2)C2CC2)c1[N+](=O)[O-]. The van der Waals surface area contributed by atoms with Crippen molar-refractivity contribution in [2.24, 2.45) is 5.92 Å². The predicted molar refractivity (Wildman–Crippen MR) is 73.1 cm³/mol. The minimum Gasteiger partial charge on any atom is -0.477 e. The molecule has 0 atom stereocenters. The number of rotatable bonds is 6. The first kappa shape index (κ1) is 12.9. The summed E-state index contributed by atoms with van der Waals surface area (Å²) < 4.78 is 0. The van der Waals surface area contributed by atoms with Gasteiger partial charge in [-0.2, -0.15) is 0 Å². The van der Waals surface area contributed by atoms with Crippen LogP contribution in [-0.2, 0) is 0 Å². The Morgan fingerprint density at radius 1 is 1.35 bits per heavy atom. The molecule has 1 aromatic rings. The number of aromatic carboxylic acids is 1. The monoisotopic (exact) mass is 276 g/mol. The van der Waals surface area contributed by atoms with Crippen LogP contribution in [0.5, 0.6) is 0 Å². The number of hydrogen-bond acceptors (Lipinski definition) is 4. The van der Waals surface area contributed by atoms with Crippen molar-refractivity contribution in [3.63, 3.8) is 0 Å². The summed E-state index contributed by atoms with van der Waals surface area (Å²) in [4.78, 5) is 24.0. The van der Waals surface area contributed by atoms with Crippen molar-refractivity contribution in [2.45, 2.75) is 31.7 Å². The highest BCUT2D eigenvalue weighted by Crippen LogP contribution is 2.42. The van der Waals surface area contributed by atoms with Crippen molar-refractivity contribution in [2.75, 3.05) is 11.4 Å². The zero-order valence-electron chi connectivity index (χ0n) is 11.0. The maximum Gasteiger partial charge on any atom is 0.342 e. The van der Waals surface area contributed by atoms with Crippen molar-refractivity contribution in [3.8, 4) is 0 Å². The van der Waals surface area contributed by atoms with E-state index in [9.17, 15) is 14.9 Å². The van der Waals surface area contributed by atoms with E-state index in [0.29, 0.717) is 17.6 Å². The molecule has 20 heavy (non-hydrogen) atoms. The van der Waals surface area contributed by atoms with Gasteiger partial charge in [-0.05, 0) is 43.7 Å². The maximum atomic E-state index is 11.3. The van der Waals surface area contributed by atoms with E-state index in [0.717, 1.165) is 32.2 Å². The quantitative estimate of drug-likeness (QED) is 0.638. The topological polar surface area (TPSA) is 83.7 Å². The minimum absolute atomic E-state index is 0.228. The van der Waals surface area contributed by atoms with Crippen LogP contribution < -0.4 is 4.90 Å². The lowest BCUT2D eigenvalue weighted by Crippen LogP contribution is -2.29. The smallest absolute Gasteiger partial charge is 0.342 e. The van der Waals surface area contributed by atoms with Crippen LogP contribution in [0.1, 0.15) is 36.0 Å². The lowest BCUT2D eigenvalue weighted by atomic mass is 10.1. The van der Waals surface area contributed by atoms with Gasteiger partial charge < -0.3 is 10.0 Å². The van der Waals surface area contributed by atoms with Gasteiger partial charge in [0.15, 0.2) is 0 Å². The lowest BCUT2D eigenvalue weighted by Gasteiger charge is -2.24. The zero-order chi connectivity index (χ0) is 14.3. The Morgan fingerprint density at radius 2 is 2.05 bits per heavy atom. The molecule has 2 aliphatic carbocycles. The highest BCUT2D eigenvalue weighted by molar-refractivity contribution is 5.95. The van der Waals surface area contributed by atoms with E-state index in [1.165, 1.54) is 6.07 Å². The average Bonchev–Trinajstić information content (AvgIpc) is 3.26. The van der Waals surface area contributed by atoms with Gasteiger partial charge >= 0.3 is 11.7 Å². The summed E-state index contributed by atoms with van der Waals surface area (Å²) in [6, 6.07) is 4.89. The first-order chi connectivity index (χ1) is 9.58. The van der Waals surface area contributed by atoms with Crippen LogP contribution >= 0.6 is 0 Å². The largest absolute Gasteiger partial charge is 0.477 e. The summed E-state index contributed by atoms with van der Waals surface area (Å²) in [5.74, 6) is -0.649. The van der Waals surface area contributed by atoms with Crippen LogP contribution in [0.15, 0.2) is 18.2 Å². The molecular formula is C14H16N2O4. The summed E-state index contributed by atoms with van der Waals surface area (Å²) >= 11 is 0. The van der Waals surface area contributed by atoms with E-state index in [1.807, 2.05) is 4.90 Å². The standard InChI is InChI=1S/C14H16N2O4/c17-14(18)11-2-1-3-12(13(11)16(19)20)15(10-6-7-10)8-9-4-5-9/h1-3,9-10H,4-8H2,(H,17,18). The second-order valence-corrected chi connectivity index (χ2v) is 5.56. The highest BCUT2D eigenvalue weighted by Gasteiger charge is 2.38. The molecule has 3 rings (SSSR count). The number of nitrogens with zero attached hydrogens (tertiary/aromatic N) is 2. The molecule has 6 nitrogen and oxygen atoms in total. The number of carboxylic acid groups (broad SMARTS) is 1. The second kappa shape index (κ2) is 4.77. The number of carbonyl (C=O) groups is 1. The molecule has 0 aromatic heterocycles. The Morgan fingerprint density at radius 3 is 2.55 bits per heavy atom. The highest BCUT2D eigenvalue weighted by atomic mass is 16.6. The molecular weight excluding hydrogens is 260 g/mol. The van der Waals surface area contributed by atoms with Crippen molar-refractivity contribution < 1.29 is 14.8 Å². The molecule has 0 heterocycles. The van der Waals surface area contributed by atoms with E-state index in [4.69, 9.17) is 5.11 Å². The summed E-state index contributed by atoms with van der Waals surface area (Å²) in [6.07, 6.45) is 4.38. The molecule has 6 heteroatoms. The molecule has 1 aromatic carbocycles. The molecule has 0 unspecified atom stereocenters. The Kier molecular flexibility index (Phi) is 3.08. The third kappa shape index (κ3) is 2.45. The Balaban J connectivity index is 2.03. The van der Waals surface area contributed by atoms with Crippen molar-refractivity contribution in [1.29, 1.82) is 0 Å². The van der Waals surface area contributed by atoms with Crippen molar-refractivity contribution >= 4 is 17.3 Å². The zero-order valence-corrected chi connectivity index (χ0v) is 11.0. The molecule has 0 saturated heterocycles. The molecule has 106 valence electrons. The number of carboxylic acids is 1. The Hall–Kier alpha value is -2.11. The molecule has 2 fully saturated rings. The number of para-hydroxylation sites is 1. The number of nitro groups is 1. The number of anilines is 1. The fourth-order valence-corrected chi connectivity index (χ4v) is 2.54. The van der Waals surface area contributed by atoms with Gasteiger partial charge in [-0.3, -0.25) is 10.1 Å². The van der Waals surface area contributed by atoms with Gasteiger partial charge in [0.2, 0.25) is 0 Å². The maximum absolute atomic E-state index is 11.3. The van der Waals surface area contributed by atoms with Crippen LogP contribution in [-0.4, -0.2) is 28.6 Å². The van der Waals surface area contributed by atoms with E-state index < -0.39 is 10.9 Å². The third-order valence-electron chi connectivity index (χ3n) is 3.88. The third-order valence-corrected chi connectivity index (χ3v) is 3.88. The number of hydrogen-bond donors (Lipinski definition) is 1. The normalized spacial score (nSPS) is 17.8. The second-order valence-electron chi connectivity index (χ2n) is 5.56. The lowest BCUT2D eigenvalue weighted by molar-refractivity contribution is -0.384. The first-order valence-electron chi connectivity index (χ1n) is 6.85. The fraction of sp³-hybridized carbons (Fsp3) is 0.500. The van der Waals surface area contributed by atoms with Gasteiger partial charge in [-0.1, -0.05) is 6.07 Å². The molecule has 2 aliphatic rings. The van der Waals surface area contributed by atoms with Gasteiger partial charge in [0.25, 0.3) is 0 Å². The number of nitro benzene ring substituents is 1. The number of benzene rings is 1. The molecule has 0 radical (unpaired) electrons. The molecule has 2 saturated carbocycles. The van der Waals surface area contributed by atoms with Gasteiger partial charge in [0, 0.05) is 12.6 Å². The Bertz CT molecular complexity index is 564. The summed E-state index contributed by atoms with van der Waals surface area (Å²) in [6.45, 7) is 0.800. The first-order valence-corrected chi connectivity index (χ1v) is 6.85. The van der Waals surface area contributed by atoms with E-state index in [2.05, 4.69) is 0 Å². The summed E-state index contributed by atoms with van der Waals surface area (Å²) in [5.41, 5.74) is -0.0363. The summed E-state index contributed by atoms with van der Waals surface area (Å²) in [7, 11) is 0. The molecule has 0 bridgehead atoms. The van der Waals surface area contributed by atoms with Crippen LogP contribution in [0, 0.1) is 16.0 Å². The van der Waals surface area contributed by atoms with Crippen LogP contribution in [0.4, 0.5) is 11.4 Å². The molecule has 0 spiro atoms. The van der Waals surface area contributed by atoms with Crippen LogP contribution in [0.25, 0.3) is 0 Å². The fourth-order valence-electron chi connectivity index (χ4n) is 2.54. The van der Waals surface area contributed by atoms with Crippen molar-refractivity contribution in [3.05, 3.63) is 33.9 Å². The molecule has 1 N–H and O–H groups in total. The average molecular weight is 276 g/mol. The van der Waals surface area contributed by atoms with Gasteiger partial charge in [-0.25, -0.2) is 4.79 Å². The molecule has 0 aliphatic heterocycles. The van der Waals surface area contributed by atoms with E-state index in [-0.39, 0.29) is 11.3 Å². The summed E-state index contributed by atoms with van der Waals surface area (Å²) in [5, 5.41) is 20.5. The van der Waals surface area contributed by atoms with E-state index in [1.54, 1.807) is 12.1 Å². The van der Waals surface area contributed by atoms with Crippen molar-refractivity contribution in [1.82, 2.24) is 0 Å².